The monoisotopic (exact) mass is 606 g/mol. The highest BCUT2D eigenvalue weighted by molar-refractivity contribution is 7.92. The summed E-state index contributed by atoms with van der Waals surface area (Å²) in [7, 11) is -2.54. The summed E-state index contributed by atoms with van der Waals surface area (Å²) >= 11 is 0. The van der Waals surface area contributed by atoms with Crippen LogP contribution in [0.25, 0.3) is 33.4 Å². The molecule has 43 heavy (non-hydrogen) atoms. The molecule has 1 aliphatic heterocycles. The number of hydrogen-bond donors (Lipinski definition) is 1. The minimum Gasteiger partial charge on any atom is -0.455 e. The fourth-order valence-corrected chi connectivity index (χ4v) is 6.23. The number of halogens is 2. The quantitative estimate of drug-likeness (QED) is 0.302. The second kappa shape index (κ2) is 11.9. The number of benzene rings is 3. The van der Waals surface area contributed by atoms with Crippen LogP contribution in [-0.4, -0.2) is 64.7 Å². The molecule has 1 unspecified atom stereocenters. The Bertz CT molecular complexity index is 1870. The molecule has 1 fully saturated rings. The summed E-state index contributed by atoms with van der Waals surface area (Å²) in [6.07, 6.45) is 1.53. The summed E-state index contributed by atoms with van der Waals surface area (Å²) in [5, 5.41) is 12.2. The van der Waals surface area contributed by atoms with Gasteiger partial charge in [-0.3, -0.25) is 13.9 Å². The number of likely N-dealkylation sites (tertiary alicyclic amines) is 1. The standard InChI is InChI=1S/C31H28F2N4O5S/c1-35-30(38)28-25-15-24(21-4-3-5-22(14-21)31(39)36-12-10-19(17-34)18-36)26(37(13-11-32)43(2,40)41)16-27(25)42-29(28)20-6-8-23(33)9-7-20/h3-9,14-16,19H,10-13,18H2,1-2H3,(H,35,38). The first-order valence-electron chi connectivity index (χ1n) is 13.5. The minimum absolute atomic E-state index is 0.0887. The molecule has 1 aliphatic rings. The van der Waals surface area contributed by atoms with Gasteiger partial charge in [-0.2, -0.15) is 5.26 Å². The van der Waals surface area contributed by atoms with Crippen molar-refractivity contribution in [1.82, 2.24) is 10.2 Å². The number of fused-ring (bicyclic) bond motifs is 1. The van der Waals surface area contributed by atoms with Crippen LogP contribution in [0, 0.1) is 23.1 Å². The SMILES string of the molecule is CNC(=O)c1c(-c2ccc(F)cc2)oc2cc(N(CCF)S(C)(=O)=O)c(-c3cccc(C(=O)N4CCC(C#N)C4)c3)cc12. The van der Waals surface area contributed by atoms with E-state index in [4.69, 9.17) is 4.42 Å². The van der Waals surface area contributed by atoms with Gasteiger partial charge in [0, 0.05) is 48.3 Å². The molecule has 1 saturated heterocycles. The zero-order valence-electron chi connectivity index (χ0n) is 23.4. The van der Waals surface area contributed by atoms with Gasteiger partial charge < -0.3 is 14.6 Å². The van der Waals surface area contributed by atoms with E-state index in [9.17, 15) is 32.0 Å². The largest absolute Gasteiger partial charge is 0.455 e. The number of nitrogens with one attached hydrogen (secondary N) is 1. The number of amides is 2. The fraction of sp³-hybridized carbons (Fsp3) is 0.258. The van der Waals surface area contributed by atoms with Crippen LogP contribution >= 0.6 is 0 Å². The minimum atomic E-state index is -3.98. The van der Waals surface area contributed by atoms with Crippen molar-refractivity contribution in [3.05, 3.63) is 77.6 Å². The molecule has 0 spiro atoms. The molecule has 0 radical (unpaired) electrons. The van der Waals surface area contributed by atoms with Gasteiger partial charge in [0.25, 0.3) is 11.8 Å². The van der Waals surface area contributed by atoms with Crippen molar-refractivity contribution >= 4 is 38.5 Å². The molecule has 5 rings (SSSR count). The number of hydrogen-bond acceptors (Lipinski definition) is 6. The normalized spacial score (nSPS) is 15.0. The first-order chi connectivity index (χ1) is 20.5. The van der Waals surface area contributed by atoms with E-state index in [1.54, 1.807) is 35.2 Å². The highest BCUT2D eigenvalue weighted by Gasteiger charge is 2.29. The maximum absolute atomic E-state index is 13.7. The Morgan fingerprint density at radius 2 is 1.88 bits per heavy atom. The Morgan fingerprint density at radius 3 is 2.51 bits per heavy atom. The lowest BCUT2D eigenvalue weighted by Crippen LogP contribution is -2.32. The average Bonchev–Trinajstić information content (AvgIpc) is 3.63. The van der Waals surface area contributed by atoms with E-state index in [1.165, 1.54) is 37.4 Å². The Hall–Kier alpha value is -4.76. The number of nitriles is 1. The summed E-state index contributed by atoms with van der Waals surface area (Å²) in [5.41, 5.74) is 1.87. The van der Waals surface area contributed by atoms with E-state index < -0.39 is 35.0 Å². The van der Waals surface area contributed by atoms with Crippen LogP contribution in [0.15, 0.2) is 65.1 Å². The van der Waals surface area contributed by atoms with Gasteiger partial charge in [0.15, 0.2) is 0 Å². The third-order valence-electron chi connectivity index (χ3n) is 7.40. The van der Waals surface area contributed by atoms with Crippen molar-refractivity contribution in [2.45, 2.75) is 6.42 Å². The van der Waals surface area contributed by atoms with Crippen LogP contribution in [0.4, 0.5) is 14.5 Å². The number of rotatable bonds is 8. The molecule has 2 amide bonds. The lowest BCUT2D eigenvalue weighted by molar-refractivity contribution is 0.0789. The molecule has 0 bridgehead atoms. The first-order valence-corrected chi connectivity index (χ1v) is 15.3. The summed E-state index contributed by atoms with van der Waals surface area (Å²) in [6.45, 7) is -0.701. The first kappa shape index (κ1) is 29.7. The van der Waals surface area contributed by atoms with Crippen molar-refractivity contribution in [3.63, 3.8) is 0 Å². The Kier molecular flexibility index (Phi) is 8.19. The van der Waals surface area contributed by atoms with Gasteiger partial charge in [-0.1, -0.05) is 12.1 Å². The van der Waals surface area contributed by atoms with Crippen LogP contribution in [0.5, 0.6) is 0 Å². The topological polar surface area (TPSA) is 124 Å². The molecular weight excluding hydrogens is 578 g/mol. The van der Waals surface area contributed by atoms with E-state index in [-0.39, 0.29) is 34.4 Å². The van der Waals surface area contributed by atoms with Gasteiger partial charge >= 0.3 is 0 Å². The summed E-state index contributed by atoms with van der Waals surface area (Å²) in [6, 6.07) is 17.1. The zero-order valence-corrected chi connectivity index (χ0v) is 24.2. The summed E-state index contributed by atoms with van der Waals surface area (Å²) in [5.74, 6) is -1.36. The van der Waals surface area contributed by atoms with Gasteiger partial charge in [-0.05, 0) is 54.4 Å². The molecule has 1 aromatic heterocycles. The van der Waals surface area contributed by atoms with E-state index in [1.807, 2.05) is 0 Å². The highest BCUT2D eigenvalue weighted by atomic mass is 32.2. The molecule has 4 aromatic rings. The molecule has 222 valence electrons. The van der Waals surface area contributed by atoms with Gasteiger partial charge in [0.2, 0.25) is 10.0 Å². The molecule has 3 aromatic carbocycles. The van der Waals surface area contributed by atoms with Gasteiger partial charge in [-0.25, -0.2) is 17.2 Å². The van der Waals surface area contributed by atoms with E-state index in [2.05, 4.69) is 11.4 Å². The lowest BCUT2D eigenvalue weighted by atomic mass is 9.97. The number of furan rings is 1. The van der Waals surface area contributed by atoms with Crippen LogP contribution in [0.2, 0.25) is 0 Å². The smallest absolute Gasteiger partial charge is 0.255 e. The average molecular weight is 607 g/mol. The molecule has 12 heteroatoms. The van der Waals surface area contributed by atoms with Crippen LogP contribution in [0.1, 0.15) is 27.1 Å². The third kappa shape index (κ3) is 5.81. The van der Waals surface area contributed by atoms with Gasteiger partial charge in [0.1, 0.15) is 23.8 Å². The molecule has 2 heterocycles. The number of alkyl halides is 1. The van der Waals surface area contributed by atoms with E-state index in [0.29, 0.717) is 47.2 Å². The zero-order chi connectivity index (χ0) is 30.9. The Labute approximate surface area is 247 Å². The number of anilines is 1. The Balaban J connectivity index is 1.75. The second-order valence-corrected chi connectivity index (χ2v) is 12.1. The van der Waals surface area contributed by atoms with Crippen molar-refractivity contribution in [1.29, 1.82) is 5.26 Å². The van der Waals surface area contributed by atoms with Crippen molar-refractivity contribution in [3.8, 4) is 28.5 Å². The van der Waals surface area contributed by atoms with Crippen molar-refractivity contribution in [2.24, 2.45) is 5.92 Å². The van der Waals surface area contributed by atoms with Crippen molar-refractivity contribution < 1.29 is 31.2 Å². The Morgan fingerprint density at radius 1 is 1.14 bits per heavy atom. The molecule has 9 nitrogen and oxygen atoms in total. The third-order valence-corrected chi connectivity index (χ3v) is 8.58. The predicted molar refractivity (Wildman–Crippen MR) is 158 cm³/mol. The highest BCUT2D eigenvalue weighted by Crippen LogP contribution is 2.42. The summed E-state index contributed by atoms with van der Waals surface area (Å²) < 4.78 is 60.1. The lowest BCUT2D eigenvalue weighted by Gasteiger charge is -2.24. The summed E-state index contributed by atoms with van der Waals surface area (Å²) in [4.78, 5) is 28.1. The van der Waals surface area contributed by atoms with Crippen LogP contribution in [-0.2, 0) is 10.0 Å². The number of nitrogens with zero attached hydrogens (tertiary/aromatic N) is 3. The molecule has 1 atom stereocenters. The number of sulfonamides is 1. The molecular formula is C31H28F2N4O5S. The van der Waals surface area contributed by atoms with E-state index in [0.717, 1.165) is 10.6 Å². The van der Waals surface area contributed by atoms with Gasteiger partial charge in [0.05, 0.1) is 36.0 Å². The van der Waals surface area contributed by atoms with Crippen LogP contribution in [0.3, 0.4) is 0 Å². The number of carbonyl (C=O) groups is 2. The number of carbonyl (C=O) groups excluding carboxylic acids is 2. The maximum atomic E-state index is 13.7. The van der Waals surface area contributed by atoms with Gasteiger partial charge in [-0.15, -0.1) is 0 Å². The molecule has 0 saturated carbocycles. The second-order valence-electron chi connectivity index (χ2n) is 10.2. The van der Waals surface area contributed by atoms with E-state index >= 15 is 0 Å². The fourth-order valence-electron chi connectivity index (χ4n) is 5.32. The molecule has 0 aliphatic carbocycles. The maximum Gasteiger partial charge on any atom is 0.255 e. The van der Waals surface area contributed by atoms with Crippen LogP contribution < -0.4 is 9.62 Å². The predicted octanol–water partition coefficient (Wildman–Crippen LogP) is 4.99. The molecule has 1 N–H and O–H groups in total. The van der Waals surface area contributed by atoms with Crippen molar-refractivity contribution in [2.75, 3.05) is 43.9 Å².